The van der Waals surface area contributed by atoms with Crippen LogP contribution < -0.4 is 182 Å². The van der Waals surface area contributed by atoms with Gasteiger partial charge in [0.05, 0.1) is 0 Å². The monoisotopic (exact) mass is 1090 g/mol. The molecule has 0 aromatic rings. The van der Waals surface area contributed by atoms with Crippen molar-refractivity contribution in [2.75, 3.05) is 0 Å². The van der Waals surface area contributed by atoms with Gasteiger partial charge >= 0.3 is 70.7 Å². The maximum absolute atomic E-state index is 0. The summed E-state index contributed by atoms with van der Waals surface area (Å²) in [4.78, 5) is 0. The van der Waals surface area contributed by atoms with E-state index in [4.69, 9.17) is 0 Å². The number of hydrogen-bond acceptors (Lipinski definition) is 0. The topological polar surface area (TPSA) is 0 Å². The largest absolute Gasteiger partial charge is 2.00 e. The third-order valence-corrected chi connectivity index (χ3v) is 0. The fourth-order valence-corrected chi connectivity index (χ4v) is 0. The van der Waals surface area contributed by atoms with E-state index < -0.39 is 0 Å². The molecule has 0 radical (unpaired) electrons. The molecule has 0 rings (SSSR count). The molecule has 0 bridgehead atoms. The van der Waals surface area contributed by atoms with Gasteiger partial charge in [0.25, 0.3) is 0 Å². The Hall–Kier alpha value is 7.94. The van der Waals surface area contributed by atoms with Gasteiger partial charge in [-0.15, -0.1) is 0 Å². The Morgan fingerprint density at radius 2 is 0.333 bits per heavy atom. The second kappa shape index (κ2) is 96.7. The zero-order valence-corrected chi connectivity index (χ0v) is 24.7. The molecule has 0 aromatic carbocycles. The molecule has 0 atom stereocenters. The fraction of sp³-hybridized carbons (Fsp3) is 0. The summed E-state index contributed by atoms with van der Waals surface area (Å²) >= 11 is 0. The van der Waals surface area contributed by atoms with Crippen LogP contribution in [0, 0.1) is 0 Å². The Labute approximate surface area is 250 Å². The van der Waals surface area contributed by atoms with Gasteiger partial charge in [0, 0.05) is 42.1 Å². The zero-order valence-electron chi connectivity index (χ0n) is 5.72. The smallest absolute Gasteiger partial charge is 1.00 e. The maximum atomic E-state index is 0. The van der Waals surface area contributed by atoms with E-state index in [2.05, 4.69) is 0 Å². The summed E-state index contributed by atoms with van der Waals surface area (Å²) in [6.07, 6.45) is 0. The summed E-state index contributed by atoms with van der Waals surface area (Å²) < 4.78 is 0. The Morgan fingerprint density at radius 3 is 0.333 bits per heavy atom. The zero-order chi connectivity index (χ0) is 0. The molecule has 0 aliphatic carbocycles. The number of halogens is 6. The first-order chi connectivity index (χ1) is 0. The van der Waals surface area contributed by atoms with Crippen LogP contribution in [-0.4, -0.2) is 0 Å². The minimum absolute atomic E-state index is 0. The van der Waals surface area contributed by atoms with E-state index in [1.165, 1.54) is 0 Å². The predicted octanol–water partition coefficient (Wildman–Crippen LogP) is -24.0. The molecule has 0 nitrogen and oxygen atoms in total. The van der Waals surface area contributed by atoms with Crippen LogP contribution in [0.5, 0.6) is 0 Å². The van der Waals surface area contributed by atoms with Crippen molar-refractivity contribution in [3.05, 3.63) is 0 Å². The van der Waals surface area contributed by atoms with Crippen LogP contribution >= 0.6 is 0 Å². The molecule has 0 N–H and O–H groups in total. The summed E-state index contributed by atoms with van der Waals surface area (Å²) in [5.41, 5.74) is 0. The quantitative estimate of drug-likeness (QED) is 0.168. The van der Waals surface area contributed by atoms with E-state index in [0.717, 1.165) is 0 Å². The Morgan fingerprint density at radius 1 is 0.333 bits per heavy atom. The second-order valence-corrected chi connectivity index (χ2v) is 0. The molecule has 12 heavy (non-hydrogen) atoms. The molecule has 0 saturated carbocycles. The van der Waals surface area contributed by atoms with Gasteiger partial charge in [-0.1, -0.05) is 0 Å². The molecule has 0 saturated heterocycles. The molecule has 0 heterocycles. The van der Waals surface area contributed by atoms with Crippen LogP contribution in [0.3, 0.4) is 0 Å². The van der Waals surface area contributed by atoms with Crippen LogP contribution in [-0.2, 0) is 75.1 Å². The molecule has 76 valence electrons. The standard InChI is InChI=1S/6HI.2Li.2Mo.2Ni/h6*1H;;;;;;/q;;;;;;2*+1;;;2*+2/p-6. The summed E-state index contributed by atoms with van der Waals surface area (Å²) in [5.74, 6) is 0. The van der Waals surface area contributed by atoms with Crippen molar-refractivity contribution < 1.29 is 257 Å². The van der Waals surface area contributed by atoms with Crippen molar-refractivity contribution in [2.24, 2.45) is 0 Å². The molecule has 0 unspecified atom stereocenters. The molecule has 0 spiro atoms. The fourth-order valence-electron chi connectivity index (χ4n) is 0. The Kier molecular flexibility index (Phi) is 914. The van der Waals surface area contributed by atoms with E-state index in [-0.39, 0.29) is 257 Å². The molecule has 12 heteroatoms. The van der Waals surface area contributed by atoms with Gasteiger partial charge < -0.3 is 144 Å². The first kappa shape index (κ1) is 113. The molecular weight excluding hydrogens is 1080 g/mol. The van der Waals surface area contributed by atoms with Crippen molar-refractivity contribution in [3.63, 3.8) is 0 Å². The Balaban J connectivity index is 0. The number of rotatable bonds is 0. The third-order valence-electron chi connectivity index (χ3n) is 0. The molecule has 0 aliphatic heterocycles. The minimum atomic E-state index is 0. The van der Waals surface area contributed by atoms with Gasteiger partial charge in [-0.3, -0.25) is 0 Å². The van der Waals surface area contributed by atoms with Gasteiger partial charge in [0.15, 0.2) is 0 Å². The average Bonchev–Trinajstić information content (AvgIpc) is 0. The van der Waals surface area contributed by atoms with Crippen molar-refractivity contribution in [1.82, 2.24) is 0 Å². The molecule has 0 aliphatic rings. The van der Waals surface area contributed by atoms with Crippen LogP contribution in [0.4, 0.5) is 0 Å². The van der Waals surface area contributed by atoms with E-state index in [1.807, 2.05) is 0 Å². The summed E-state index contributed by atoms with van der Waals surface area (Å²) in [5, 5.41) is 0. The SMILES string of the molecule is [I-].[I-].[I-].[I-].[I-].[I-].[Li+].[Li+].[Mo].[Mo].[Ni+2].[Ni+2]. The summed E-state index contributed by atoms with van der Waals surface area (Å²) in [7, 11) is 0. The van der Waals surface area contributed by atoms with Gasteiger partial charge in [-0.25, -0.2) is 0 Å². The minimum Gasteiger partial charge on any atom is -1.00 e. The summed E-state index contributed by atoms with van der Waals surface area (Å²) in [6.45, 7) is 0. The van der Waals surface area contributed by atoms with E-state index in [0.29, 0.717) is 0 Å². The van der Waals surface area contributed by atoms with E-state index in [9.17, 15) is 0 Å². The molecular formula is I6Li2Mo2Ni2. The van der Waals surface area contributed by atoms with E-state index >= 15 is 0 Å². The predicted molar refractivity (Wildman–Crippen MR) is 0 cm³/mol. The maximum Gasteiger partial charge on any atom is 2.00 e. The molecule has 0 fully saturated rings. The van der Waals surface area contributed by atoms with Gasteiger partial charge in [0.2, 0.25) is 0 Å². The van der Waals surface area contributed by atoms with Crippen LogP contribution in [0.2, 0.25) is 0 Å². The second-order valence-electron chi connectivity index (χ2n) is 0. The molecule has 0 amide bonds. The van der Waals surface area contributed by atoms with Gasteiger partial charge in [0.1, 0.15) is 0 Å². The van der Waals surface area contributed by atoms with Crippen LogP contribution in [0.15, 0.2) is 0 Å². The third kappa shape index (κ3) is 81.7. The van der Waals surface area contributed by atoms with Crippen molar-refractivity contribution in [3.8, 4) is 0 Å². The average molecular weight is 1080 g/mol. The van der Waals surface area contributed by atoms with E-state index in [1.54, 1.807) is 0 Å². The number of hydrogen-bond donors (Lipinski definition) is 0. The van der Waals surface area contributed by atoms with Crippen molar-refractivity contribution in [1.29, 1.82) is 0 Å². The van der Waals surface area contributed by atoms with Crippen molar-refractivity contribution in [2.45, 2.75) is 0 Å². The van der Waals surface area contributed by atoms with Crippen molar-refractivity contribution >= 4 is 0 Å². The normalized spacial score (nSPS) is 0. The first-order valence-electron chi connectivity index (χ1n) is 0. The van der Waals surface area contributed by atoms with Crippen LogP contribution in [0.25, 0.3) is 0 Å². The van der Waals surface area contributed by atoms with Gasteiger partial charge in [-0.05, 0) is 0 Å². The molecule has 0 aromatic heterocycles. The summed E-state index contributed by atoms with van der Waals surface area (Å²) in [6, 6.07) is 0. The first-order valence-corrected chi connectivity index (χ1v) is 0. The Bertz CT molecular complexity index is 21.5. The van der Waals surface area contributed by atoms with Crippen LogP contribution in [0.1, 0.15) is 0 Å². The van der Waals surface area contributed by atoms with Gasteiger partial charge in [-0.2, -0.15) is 0 Å².